The van der Waals surface area contributed by atoms with Crippen molar-refractivity contribution in [1.82, 2.24) is 29.9 Å². The average Bonchev–Trinajstić information content (AvgIpc) is 3.30. The van der Waals surface area contributed by atoms with E-state index in [9.17, 15) is 14.4 Å². The Morgan fingerprint density at radius 3 is 2.79 bits per heavy atom. The molecule has 0 spiro atoms. The van der Waals surface area contributed by atoms with Crippen LogP contribution < -0.4 is 5.32 Å². The molecule has 0 aliphatic carbocycles. The second kappa shape index (κ2) is 6.13. The Balaban J connectivity index is 1.36. The van der Waals surface area contributed by atoms with Crippen molar-refractivity contribution in [2.45, 2.75) is 32.2 Å². The first-order chi connectivity index (χ1) is 13.9. The van der Waals surface area contributed by atoms with E-state index in [1.807, 2.05) is 6.07 Å². The number of aromatic nitrogens is 1. The van der Waals surface area contributed by atoms with Crippen LogP contribution in [0.5, 0.6) is 0 Å². The van der Waals surface area contributed by atoms with Crippen LogP contribution in [-0.2, 0) is 17.8 Å². The second-order valence-electron chi connectivity index (χ2n) is 8.09. The van der Waals surface area contributed by atoms with Gasteiger partial charge in [-0.2, -0.15) is 0 Å². The lowest BCUT2D eigenvalue weighted by Gasteiger charge is -2.31. The molecule has 0 radical (unpaired) electrons. The summed E-state index contributed by atoms with van der Waals surface area (Å²) in [4.78, 5) is 47.5. The van der Waals surface area contributed by atoms with Crippen molar-refractivity contribution < 1.29 is 14.4 Å². The Kier molecular flexibility index (Phi) is 3.77. The molecule has 2 aromatic rings. The topological polar surface area (TPSA) is 92.0 Å². The van der Waals surface area contributed by atoms with Crippen molar-refractivity contribution in [3.63, 3.8) is 0 Å². The summed E-state index contributed by atoms with van der Waals surface area (Å²) in [6, 6.07) is 5.70. The summed E-state index contributed by atoms with van der Waals surface area (Å²) < 4.78 is 0. The molecule has 1 aromatic heterocycles. The summed E-state index contributed by atoms with van der Waals surface area (Å²) in [5, 5.41) is 3.95. The smallest absolute Gasteiger partial charge is 0.323 e. The van der Waals surface area contributed by atoms with Crippen LogP contribution in [0.4, 0.5) is 9.59 Å². The maximum Gasteiger partial charge on any atom is 0.323 e. The third kappa shape index (κ3) is 2.49. The maximum absolute atomic E-state index is 13.1. The molecular weight excluding hydrogens is 372 g/mol. The number of hydrogen-bond donors (Lipinski definition) is 2. The van der Waals surface area contributed by atoms with E-state index in [0.717, 1.165) is 22.9 Å². The highest BCUT2D eigenvalue weighted by Crippen LogP contribution is 2.30. The Hall–Kier alpha value is -3.23. The highest BCUT2D eigenvalue weighted by molar-refractivity contribution is 5.90. The van der Waals surface area contributed by atoms with E-state index in [-0.39, 0.29) is 24.5 Å². The first kappa shape index (κ1) is 17.8. The number of rotatable bonds is 2. The number of para-hydroxylation sites is 1. The monoisotopic (exact) mass is 396 g/mol. The number of nitrogens with one attached hydrogen (secondary N) is 2. The molecule has 152 valence electrons. The number of aromatic amines is 1. The second-order valence-corrected chi connectivity index (χ2v) is 8.09. The number of H-pyrrole nitrogens is 1. The zero-order valence-corrected chi connectivity index (χ0v) is 16.7. The third-order valence-corrected chi connectivity index (χ3v) is 6.43. The van der Waals surface area contributed by atoms with Crippen LogP contribution >= 0.6 is 0 Å². The zero-order valence-electron chi connectivity index (χ0n) is 16.7. The summed E-state index contributed by atoms with van der Waals surface area (Å²) in [5.74, 6) is -0.108. The number of carbonyl (C=O) groups is 3. The first-order valence-electron chi connectivity index (χ1n) is 9.80. The van der Waals surface area contributed by atoms with E-state index in [2.05, 4.69) is 29.4 Å². The molecule has 29 heavy (non-hydrogen) atoms. The Bertz CT molecular complexity index is 1050. The van der Waals surface area contributed by atoms with Gasteiger partial charge in [-0.15, -0.1) is 0 Å². The molecule has 0 bridgehead atoms. The molecule has 0 saturated carbocycles. The van der Waals surface area contributed by atoms with Gasteiger partial charge in [-0.1, -0.05) is 18.2 Å². The number of likely N-dealkylation sites (N-methyl/N-ethyl adjacent to an activating group) is 2. The van der Waals surface area contributed by atoms with E-state index in [0.29, 0.717) is 13.1 Å². The highest BCUT2D eigenvalue weighted by atomic mass is 16.2. The van der Waals surface area contributed by atoms with Crippen LogP contribution in [0.3, 0.4) is 0 Å². The third-order valence-electron chi connectivity index (χ3n) is 6.43. The lowest BCUT2D eigenvalue weighted by Crippen LogP contribution is -2.50. The quantitative estimate of drug-likeness (QED) is 0.794. The Morgan fingerprint density at radius 1 is 1.21 bits per heavy atom. The van der Waals surface area contributed by atoms with Crippen LogP contribution in [-0.4, -0.2) is 82.1 Å². The maximum atomic E-state index is 13.1. The molecule has 4 heterocycles. The normalized spacial score (nSPS) is 23.7. The van der Waals surface area contributed by atoms with Gasteiger partial charge in [0.05, 0.1) is 0 Å². The molecule has 2 atom stereocenters. The van der Waals surface area contributed by atoms with Gasteiger partial charge in [0.15, 0.2) is 0 Å². The minimum absolute atomic E-state index is 0.0465. The van der Waals surface area contributed by atoms with Crippen molar-refractivity contribution >= 4 is 28.9 Å². The fourth-order valence-electron chi connectivity index (χ4n) is 4.78. The van der Waals surface area contributed by atoms with E-state index < -0.39 is 12.3 Å². The SMILES string of the molecule is Cc1cccc2c3c([nH]c12)CCN(C(=O)CN1C(=O)N[C@@H]2[C@H]1N(C)C(=O)N2C)C3. The molecule has 2 N–H and O–H groups in total. The van der Waals surface area contributed by atoms with Gasteiger partial charge in [-0.05, 0) is 12.5 Å². The summed E-state index contributed by atoms with van der Waals surface area (Å²) in [7, 11) is 3.31. The minimum atomic E-state index is -0.472. The van der Waals surface area contributed by atoms with Crippen LogP contribution in [0.2, 0.25) is 0 Å². The molecule has 5 rings (SSSR count). The molecular formula is C20H24N6O3. The zero-order chi connectivity index (χ0) is 20.4. The van der Waals surface area contributed by atoms with Crippen molar-refractivity contribution in [3.8, 4) is 0 Å². The Labute approximate surface area is 168 Å². The summed E-state index contributed by atoms with van der Waals surface area (Å²) in [6.07, 6.45) is -0.147. The molecule has 9 heteroatoms. The fourth-order valence-corrected chi connectivity index (χ4v) is 4.78. The van der Waals surface area contributed by atoms with Gasteiger partial charge in [-0.3, -0.25) is 9.69 Å². The molecule has 9 nitrogen and oxygen atoms in total. The average molecular weight is 396 g/mol. The van der Waals surface area contributed by atoms with Gasteiger partial charge in [0.25, 0.3) is 0 Å². The molecule has 2 fully saturated rings. The first-order valence-corrected chi connectivity index (χ1v) is 9.80. The predicted octanol–water partition coefficient (Wildman–Crippen LogP) is 1.04. The lowest BCUT2D eigenvalue weighted by molar-refractivity contribution is -0.133. The van der Waals surface area contributed by atoms with Crippen molar-refractivity contribution in [1.29, 1.82) is 0 Å². The fraction of sp³-hybridized carbons (Fsp3) is 0.450. The molecule has 5 amide bonds. The molecule has 2 saturated heterocycles. The summed E-state index contributed by atoms with van der Waals surface area (Å²) >= 11 is 0. The van der Waals surface area contributed by atoms with Crippen LogP contribution in [0.15, 0.2) is 18.2 Å². The van der Waals surface area contributed by atoms with Crippen LogP contribution in [0.1, 0.15) is 16.8 Å². The molecule has 0 unspecified atom stereocenters. The number of fused-ring (bicyclic) bond motifs is 4. The van der Waals surface area contributed by atoms with Crippen molar-refractivity contribution in [3.05, 3.63) is 35.0 Å². The number of hydrogen-bond acceptors (Lipinski definition) is 3. The van der Waals surface area contributed by atoms with Crippen LogP contribution in [0, 0.1) is 6.92 Å². The van der Waals surface area contributed by atoms with Gasteiger partial charge in [0, 0.05) is 55.8 Å². The standard InChI is InChI=1S/C20H24N6O3/c1-11-5-4-6-12-13-9-25(8-7-14(13)21-16(11)12)15(27)10-26-18-17(22-19(26)28)23(2)20(29)24(18)3/h4-6,17-18,21H,7-10H2,1-3H3,(H,22,28)/t17-,18-/m0/s1. The Morgan fingerprint density at radius 2 is 2.00 bits per heavy atom. The number of amides is 5. The largest absolute Gasteiger partial charge is 0.358 e. The van der Waals surface area contributed by atoms with E-state index in [1.54, 1.807) is 19.0 Å². The van der Waals surface area contributed by atoms with E-state index >= 15 is 0 Å². The molecule has 3 aliphatic rings. The van der Waals surface area contributed by atoms with Gasteiger partial charge < -0.3 is 25.0 Å². The van der Waals surface area contributed by atoms with E-state index in [4.69, 9.17) is 0 Å². The number of carbonyl (C=O) groups excluding carboxylic acids is 3. The minimum Gasteiger partial charge on any atom is -0.358 e. The number of urea groups is 2. The van der Waals surface area contributed by atoms with Gasteiger partial charge in [0.2, 0.25) is 5.91 Å². The molecule has 1 aromatic carbocycles. The summed E-state index contributed by atoms with van der Waals surface area (Å²) in [6.45, 7) is 3.16. The number of benzene rings is 1. The van der Waals surface area contributed by atoms with Gasteiger partial charge >= 0.3 is 12.1 Å². The van der Waals surface area contributed by atoms with Crippen molar-refractivity contribution in [2.75, 3.05) is 27.2 Å². The van der Waals surface area contributed by atoms with Gasteiger partial charge in [-0.25, -0.2) is 9.59 Å². The number of aryl methyl sites for hydroxylation is 1. The number of nitrogens with zero attached hydrogens (tertiary/aromatic N) is 4. The van der Waals surface area contributed by atoms with E-state index in [1.165, 1.54) is 26.0 Å². The van der Waals surface area contributed by atoms with Crippen molar-refractivity contribution in [2.24, 2.45) is 0 Å². The van der Waals surface area contributed by atoms with Crippen LogP contribution in [0.25, 0.3) is 10.9 Å². The highest BCUT2D eigenvalue weighted by Gasteiger charge is 2.53. The molecule has 3 aliphatic heterocycles. The lowest BCUT2D eigenvalue weighted by atomic mass is 10.0. The predicted molar refractivity (Wildman–Crippen MR) is 106 cm³/mol. The summed E-state index contributed by atoms with van der Waals surface area (Å²) in [5.41, 5.74) is 4.65. The van der Waals surface area contributed by atoms with Gasteiger partial charge in [0.1, 0.15) is 18.9 Å².